The number of carbonyl (C=O) groups is 1. The van der Waals surface area contributed by atoms with Crippen LogP contribution in [0.1, 0.15) is 26.7 Å². The molecule has 3 rings (SSSR count). The highest BCUT2D eigenvalue weighted by atomic mass is 32.2. The van der Waals surface area contributed by atoms with Gasteiger partial charge in [-0.3, -0.25) is 9.10 Å². The Morgan fingerprint density at radius 3 is 2.26 bits per heavy atom. The smallest absolute Gasteiger partial charge is 0.248 e. The normalized spacial score (nSPS) is 15.4. The first-order valence-corrected chi connectivity index (χ1v) is 14.5. The summed E-state index contributed by atoms with van der Waals surface area (Å²) in [4.78, 5) is 13.2. The number of nitrogens with one attached hydrogen (secondary N) is 1. The summed E-state index contributed by atoms with van der Waals surface area (Å²) in [5, 5.41) is 2.64. The molecule has 0 saturated carbocycles. The van der Waals surface area contributed by atoms with Crippen LogP contribution < -0.4 is 19.1 Å². The van der Waals surface area contributed by atoms with Crippen molar-refractivity contribution in [3.63, 3.8) is 0 Å². The lowest BCUT2D eigenvalue weighted by molar-refractivity contribution is -0.116. The van der Waals surface area contributed by atoms with Crippen molar-refractivity contribution in [2.45, 2.75) is 37.6 Å². The molecule has 1 aliphatic rings. The third-order valence-electron chi connectivity index (χ3n) is 5.62. The van der Waals surface area contributed by atoms with Crippen LogP contribution in [0.4, 0.5) is 11.4 Å². The standard InChI is InChI=1S/C23H31N3O7S2/c1-5-33-19-10-8-18(9-11-19)26(34(4,28)29)17(2)23(27)24-21-16-20(12-13-22(21)32-3)35(30,31)25-14-6-7-15-25/h8-13,16-17H,5-7,14-15H2,1-4H3,(H,24,27)/t17-/m0/s1. The number of rotatable bonds is 10. The molecule has 192 valence electrons. The summed E-state index contributed by atoms with van der Waals surface area (Å²) >= 11 is 0. The van der Waals surface area contributed by atoms with Crippen LogP contribution in [0.5, 0.6) is 11.5 Å². The molecule has 12 heteroatoms. The van der Waals surface area contributed by atoms with E-state index in [1.807, 2.05) is 6.92 Å². The average Bonchev–Trinajstić information content (AvgIpc) is 3.35. The van der Waals surface area contributed by atoms with E-state index >= 15 is 0 Å². The Labute approximate surface area is 206 Å². The van der Waals surface area contributed by atoms with E-state index in [0.29, 0.717) is 25.4 Å². The number of sulfonamides is 2. The van der Waals surface area contributed by atoms with Gasteiger partial charge in [0.2, 0.25) is 26.0 Å². The molecule has 2 aromatic rings. The minimum atomic E-state index is -3.84. The van der Waals surface area contributed by atoms with Gasteiger partial charge in [0.25, 0.3) is 0 Å². The molecule has 0 spiro atoms. The molecule has 0 radical (unpaired) electrons. The number of methoxy groups -OCH3 is 1. The van der Waals surface area contributed by atoms with Crippen molar-refractivity contribution in [1.29, 1.82) is 0 Å². The van der Waals surface area contributed by atoms with E-state index in [1.165, 1.54) is 36.5 Å². The van der Waals surface area contributed by atoms with Gasteiger partial charge in [-0.05, 0) is 69.2 Å². The monoisotopic (exact) mass is 525 g/mol. The van der Waals surface area contributed by atoms with Crippen LogP contribution in [-0.4, -0.2) is 66.2 Å². The first-order chi connectivity index (χ1) is 16.5. The first kappa shape index (κ1) is 26.8. The van der Waals surface area contributed by atoms with Crippen molar-refractivity contribution in [3.05, 3.63) is 42.5 Å². The Kier molecular flexibility index (Phi) is 8.29. The van der Waals surface area contributed by atoms with Crippen molar-refractivity contribution in [3.8, 4) is 11.5 Å². The highest BCUT2D eigenvalue weighted by molar-refractivity contribution is 7.92. The third-order valence-corrected chi connectivity index (χ3v) is 8.76. The number of nitrogens with zero attached hydrogens (tertiary/aromatic N) is 2. The second kappa shape index (κ2) is 10.8. The van der Waals surface area contributed by atoms with E-state index < -0.39 is 32.0 Å². The molecular formula is C23H31N3O7S2. The summed E-state index contributed by atoms with van der Waals surface area (Å²) in [5.41, 5.74) is 0.417. The van der Waals surface area contributed by atoms with Gasteiger partial charge in [0.1, 0.15) is 17.5 Å². The number of hydrogen-bond donors (Lipinski definition) is 1. The molecular weight excluding hydrogens is 494 g/mol. The van der Waals surface area contributed by atoms with E-state index in [1.54, 1.807) is 24.3 Å². The molecule has 2 aromatic carbocycles. The zero-order valence-corrected chi connectivity index (χ0v) is 21.9. The number of amides is 1. The molecule has 1 fully saturated rings. The highest BCUT2D eigenvalue weighted by Crippen LogP contribution is 2.31. The maximum absolute atomic E-state index is 13.2. The summed E-state index contributed by atoms with van der Waals surface area (Å²) in [6, 6.07) is 9.43. The van der Waals surface area contributed by atoms with Crippen molar-refractivity contribution in [2.24, 2.45) is 0 Å². The molecule has 1 atom stereocenters. The number of benzene rings is 2. The van der Waals surface area contributed by atoms with Crippen LogP contribution in [0.15, 0.2) is 47.4 Å². The highest BCUT2D eigenvalue weighted by Gasteiger charge is 2.31. The lowest BCUT2D eigenvalue weighted by Crippen LogP contribution is -2.45. The SMILES string of the molecule is CCOc1ccc(N([C@@H](C)C(=O)Nc2cc(S(=O)(=O)N3CCCC3)ccc2OC)S(C)(=O)=O)cc1. The Hall–Kier alpha value is -2.83. The molecule has 10 nitrogen and oxygen atoms in total. The largest absolute Gasteiger partial charge is 0.495 e. The minimum Gasteiger partial charge on any atom is -0.495 e. The van der Waals surface area contributed by atoms with E-state index in [2.05, 4.69) is 5.32 Å². The van der Waals surface area contributed by atoms with Crippen LogP contribution in [0, 0.1) is 0 Å². The fourth-order valence-electron chi connectivity index (χ4n) is 3.92. The summed E-state index contributed by atoms with van der Waals surface area (Å²) < 4.78 is 64.3. The van der Waals surface area contributed by atoms with Crippen LogP contribution >= 0.6 is 0 Å². The number of carbonyl (C=O) groups excluding carboxylic acids is 1. The van der Waals surface area contributed by atoms with Crippen LogP contribution in [0.25, 0.3) is 0 Å². The molecule has 0 aromatic heterocycles. The van der Waals surface area contributed by atoms with Gasteiger partial charge in [-0.1, -0.05) is 0 Å². The zero-order valence-electron chi connectivity index (χ0n) is 20.2. The van der Waals surface area contributed by atoms with Crippen LogP contribution in [0.2, 0.25) is 0 Å². The molecule has 35 heavy (non-hydrogen) atoms. The van der Waals surface area contributed by atoms with Gasteiger partial charge in [-0.25, -0.2) is 16.8 Å². The third kappa shape index (κ3) is 6.06. The van der Waals surface area contributed by atoms with Gasteiger partial charge in [0.05, 0.1) is 36.2 Å². The summed E-state index contributed by atoms with van der Waals surface area (Å²) in [6.45, 7) is 4.63. The lowest BCUT2D eigenvalue weighted by atomic mass is 10.2. The zero-order chi connectivity index (χ0) is 25.8. The quantitative estimate of drug-likeness (QED) is 0.506. The lowest BCUT2D eigenvalue weighted by Gasteiger charge is -2.28. The van der Waals surface area contributed by atoms with Gasteiger partial charge in [0, 0.05) is 13.1 Å². The first-order valence-electron chi connectivity index (χ1n) is 11.2. The van der Waals surface area contributed by atoms with Gasteiger partial charge in [-0.15, -0.1) is 0 Å². The van der Waals surface area contributed by atoms with Gasteiger partial charge in [0.15, 0.2) is 0 Å². The predicted molar refractivity (Wildman–Crippen MR) is 134 cm³/mol. The van der Waals surface area contributed by atoms with Gasteiger partial charge < -0.3 is 14.8 Å². The summed E-state index contributed by atoms with van der Waals surface area (Å²) in [7, 11) is -6.17. The van der Waals surface area contributed by atoms with E-state index in [0.717, 1.165) is 23.4 Å². The molecule has 1 aliphatic heterocycles. The molecule has 0 aliphatic carbocycles. The number of anilines is 2. The maximum Gasteiger partial charge on any atom is 0.248 e. The van der Waals surface area contributed by atoms with E-state index in [9.17, 15) is 21.6 Å². The topological polar surface area (TPSA) is 122 Å². The number of ether oxygens (including phenoxy) is 2. The van der Waals surface area contributed by atoms with E-state index in [4.69, 9.17) is 9.47 Å². The van der Waals surface area contributed by atoms with E-state index in [-0.39, 0.29) is 22.0 Å². The Morgan fingerprint density at radius 2 is 1.71 bits per heavy atom. The second-order valence-corrected chi connectivity index (χ2v) is 11.9. The van der Waals surface area contributed by atoms with Crippen molar-refractivity contribution >= 4 is 37.3 Å². The van der Waals surface area contributed by atoms with Gasteiger partial charge >= 0.3 is 0 Å². The van der Waals surface area contributed by atoms with Crippen LogP contribution in [-0.2, 0) is 24.8 Å². The Bertz CT molecular complexity index is 1260. The Balaban J connectivity index is 1.90. The molecule has 1 N–H and O–H groups in total. The summed E-state index contributed by atoms with van der Waals surface area (Å²) in [5.74, 6) is 0.166. The fraction of sp³-hybridized carbons (Fsp3) is 0.435. The average molecular weight is 526 g/mol. The molecule has 1 saturated heterocycles. The van der Waals surface area contributed by atoms with Crippen LogP contribution in [0.3, 0.4) is 0 Å². The Morgan fingerprint density at radius 1 is 1.09 bits per heavy atom. The van der Waals surface area contributed by atoms with Crippen molar-refractivity contribution in [1.82, 2.24) is 4.31 Å². The second-order valence-electron chi connectivity index (χ2n) is 8.12. The molecule has 1 amide bonds. The van der Waals surface area contributed by atoms with Gasteiger partial charge in [-0.2, -0.15) is 4.31 Å². The minimum absolute atomic E-state index is 0.0228. The van der Waals surface area contributed by atoms with Crippen molar-refractivity contribution in [2.75, 3.05) is 42.7 Å². The summed E-state index contributed by atoms with van der Waals surface area (Å²) in [6.07, 6.45) is 2.60. The van der Waals surface area contributed by atoms with Crippen molar-refractivity contribution < 1.29 is 31.1 Å². The maximum atomic E-state index is 13.2. The number of hydrogen-bond acceptors (Lipinski definition) is 7. The molecule has 0 unspecified atom stereocenters. The fourth-order valence-corrected chi connectivity index (χ4v) is 6.64. The molecule has 1 heterocycles. The molecule has 0 bridgehead atoms. The predicted octanol–water partition coefficient (Wildman–Crippen LogP) is 2.67.